The highest BCUT2D eigenvalue weighted by molar-refractivity contribution is 4.75. The van der Waals surface area contributed by atoms with Gasteiger partial charge < -0.3 is 5.11 Å². The van der Waals surface area contributed by atoms with E-state index in [0.717, 1.165) is 25.7 Å². The fourth-order valence-corrected chi connectivity index (χ4v) is 2.14. The van der Waals surface area contributed by atoms with Gasteiger partial charge in [-0.3, -0.25) is 0 Å². The van der Waals surface area contributed by atoms with Crippen LogP contribution in [0.2, 0.25) is 0 Å². The molecule has 0 bridgehead atoms. The quantitative estimate of drug-likeness (QED) is 0.677. The fraction of sp³-hybridized carbons (Fsp3) is 0.909. The molecule has 0 aromatic rings. The van der Waals surface area contributed by atoms with Gasteiger partial charge in [0.05, 0.1) is 12.2 Å². The van der Waals surface area contributed by atoms with Gasteiger partial charge in [0.1, 0.15) is 0 Å². The number of aliphatic hydroxyl groups excluding tert-OH is 1. The molecule has 0 heterocycles. The first-order chi connectivity index (χ1) is 6.34. The van der Waals surface area contributed by atoms with Crippen molar-refractivity contribution in [3.8, 4) is 6.07 Å². The van der Waals surface area contributed by atoms with Crippen LogP contribution in [0.15, 0.2) is 0 Å². The smallest absolute Gasteiger partial charge is 0.0621 e. The van der Waals surface area contributed by atoms with Crippen LogP contribution in [0.1, 0.15) is 51.4 Å². The van der Waals surface area contributed by atoms with Gasteiger partial charge in [-0.1, -0.05) is 19.3 Å². The van der Waals surface area contributed by atoms with E-state index >= 15 is 0 Å². The number of nitriles is 1. The molecule has 0 spiro atoms. The van der Waals surface area contributed by atoms with Crippen molar-refractivity contribution >= 4 is 0 Å². The molecule has 2 nitrogen and oxygen atoms in total. The Morgan fingerprint density at radius 2 is 2.00 bits per heavy atom. The summed E-state index contributed by atoms with van der Waals surface area (Å²) >= 11 is 0. The van der Waals surface area contributed by atoms with Crippen LogP contribution in [0, 0.1) is 17.2 Å². The highest BCUT2D eigenvalue weighted by Crippen LogP contribution is 2.28. The molecule has 0 aliphatic heterocycles. The molecule has 1 aliphatic rings. The Balaban J connectivity index is 2.09. The van der Waals surface area contributed by atoms with E-state index < -0.39 is 0 Å². The average molecular weight is 181 g/mol. The van der Waals surface area contributed by atoms with E-state index in [9.17, 15) is 5.11 Å². The Bertz CT molecular complexity index is 173. The van der Waals surface area contributed by atoms with Crippen LogP contribution in [-0.2, 0) is 0 Å². The van der Waals surface area contributed by atoms with Crippen LogP contribution >= 0.6 is 0 Å². The van der Waals surface area contributed by atoms with E-state index in [1.165, 1.54) is 19.3 Å². The first kappa shape index (κ1) is 10.5. The van der Waals surface area contributed by atoms with Crippen LogP contribution in [-0.4, -0.2) is 11.2 Å². The SMILES string of the molecule is N#CCCCCC1CCCCC1O. The zero-order valence-electron chi connectivity index (χ0n) is 8.21. The van der Waals surface area contributed by atoms with Gasteiger partial charge in [-0.25, -0.2) is 0 Å². The van der Waals surface area contributed by atoms with Crippen molar-refractivity contribution in [2.75, 3.05) is 0 Å². The third kappa shape index (κ3) is 3.78. The lowest BCUT2D eigenvalue weighted by Gasteiger charge is -2.27. The van der Waals surface area contributed by atoms with Gasteiger partial charge in [-0.15, -0.1) is 0 Å². The molecular formula is C11H19NO. The van der Waals surface area contributed by atoms with Crippen molar-refractivity contribution in [3.63, 3.8) is 0 Å². The largest absolute Gasteiger partial charge is 0.393 e. The summed E-state index contributed by atoms with van der Waals surface area (Å²) < 4.78 is 0. The Morgan fingerprint density at radius 1 is 1.23 bits per heavy atom. The molecule has 2 atom stereocenters. The van der Waals surface area contributed by atoms with Crippen molar-refractivity contribution in [2.24, 2.45) is 5.92 Å². The molecule has 1 N–H and O–H groups in total. The Labute approximate surface area is 80.6 Å². The summed E-state index contributed by atoms with van der Waals surface area (Å²) in [6, 6.07) is 2.15. The molecule has 0 radical (unpaired) electrons. The molecule has 1 rings (SSSR count). The van der Waals surface area contributed by atoms with Crippen molar-refractivity contribution in [1.29, 1.82) is 5.26 Å². The minimum Gasteiger partial charge on any atom is -0.393 e. The van der Waals surface area contributed by atoms with Gasteiger partial charge >= 0.3 is 0 Å². The molecule has 1 fully saturated rings. The van der Waals surface area contributed by atoms with Gasteiger partial charge in [0.2, 0.25) is 0 Å². The third-order valence-corrected chi connectivity index (χ3v) is 2.98. The lowest BCUT2D eigenvalue weighted by Crippen LogP contribution is -2.24. The van der Waals surface area contributed by atoms with Crippen molar-refractivity contribution in [3.05, 3.63) is 0 Å². The number of rotatable bonds is 4. The van der Waals surface area contributed by atoms with Crippen LogP contribution in [0.4, 0.5) is 0 Å². The summed E-state index contributed by atoms with van der Waals surface area (Å²) in [5.74, 6) is 0.521. The lowest BCUT2D eigenvalue weighted by atomic mass is 9.83. The second-order valence-electron chi connectivity index (χ2n) is 4.02. The molecule has 0 aromatic heterocycles. The van der Waals surface area contributed by atoms with Crippen LogP contribution in [0.3, 0.4) is 0 Å². The third-order valence-electron chi connectivity index (χ3n) is 2.98. The van der Waals surface area contributed by atoms with Gasteiger partial charge in [0.25, 0.3) is 0 Å². The maximum absolute atomic E-state index is 9.66. The summed E-state index contributed by atoms with van der Waals surface area (Å²) in [6.45, 7) is 0. The minimum absolute atomic E-state index is 0.0594. The fourth-order valence-electron chi connectivity index (χ4n) is 2.14. The summed E-state index contributed by atoms with van der Waals surface area (Å²) in [5, 5.41) is 18.0. The Hall–Kier alpha value is -0.550. The van der Waals surface area contributed by atoms with E-state index in [1.54, 1.807) is 0 Å². The van der Waals surface area contributed by atoms with E-state index in [4.69, 9.17) is 5.26 Å². The molecular weight excluding hydrogens is 162 g/mol. The highest BCUT2D eigenvalue weighted by Gasteiger charge is 2.21. The zero-order chi connectivity index (χ0) is 9.52. The second-order valence-corrected chi connectivity index (χ2v) is 4.02. The maximum atomic E-state index is 9.66. The van der Waals surface area contributed by atoms with Crippen molar-refractivity contribution < 1.29 is 5.11 Å². The monoisotopic (exact) mass is 181 g/mol. The molecule has 1 aliphatic carbocycles. The molecule has 2 unspecified atom stereocenters. The topological polar surface area (TPSA) is 44.0 Å². The van der Waals surface area contributed by atoms with Crippen LogP contribution < -0.4 is 0 Å². The molecule has 74 valence electrons. The molecule has 0 amide bonds. The number of aliphatic hydroxyl groups is 1. The summed E-state index contributed by atoms with van der Waals surface area (Å²) in [7, 11) is 0. The standard InChI is InChI=1S/C11H19NO/c12-9-5-1-2-6-10-7-3-4-8-11(10)13/h10-11,13H,1-8H2. The van der Waals surface area contributed by atoms with Crippen molar-refractivity contribution in [2.45, 2.75) is 57.5 Å². The van der Waals surface area contributed by atoms with Gasteiger partial charge in [-0.05, 0) is 31.6 Å². The molecule has 2 heteroatoms. The Morgan fingerprint density at radius 3 is 2.69 bits per heavy atom. The lowest BCUT2D eigenvalue weighted by molar-refractivity contribution is 0.0640. The summed E-state index contributed by atoms with van der Waals surface area (Å²) in [5.41, 5.74) is 0. The van der Waals surface area contributed by atoms with Crippen LogP contribution in [0.25, 0.3) is 0 Å². The minimum atomic E-state index is -0.0594. The molecule has 0 saturated heterocycles. The van der Waals surface area contributed by atoms with E-state index in [-0.39, 0.29) is 6.10 Å². The van der Waals surface area contributed by atoms with Gasteiger partial charge in [0, 0.05) is 6.42 Å². The highest BCUT2D eigenvalue weighted by atomic mass is 16.3. The second kappa shape index (κ2) is 5.99. The molecule has 0 aromatic carbocycles. The first-order valence-electron chi connectivity index (χ1n) is 5.39. The van der Waals surface area contributed by atoms with Crippen molar-refractivity contribution in [1.82, 2.24) is 0 Å². The van der Waals surface area contributed by atoms with Crippen LogP contribution in [0.5, 0.6) is 0 Å². The van der Waals surface area contributed by atoms with Gasteiger partial charge in [0.15, 0.2) is 0 Å². The summed E-state index contributed by atoms with van der Waals surface area (Å²) in [6.07, 6.45) is 8.48. The van der Waals surface area contributed by atoms with E-state index in [1.807, 2.05) is 0 Å². The molecule has 13 heavy (non-hydrogen) atoms. The van der Waals surface area contributed by atoms with Gasteiger partial charge in [-0.2, -0.15) is 5.26 Å². The zero-order valence-corrected chi connectivity index (χ0v) is 8.21. The predicted molar refractivity (Wildman–Crippen MR) is 52.0 cm³/mol. The predicted octanol–water partition coefficient (Wildman–Crippen LogP) is 2.62. The number of hydrogen-bond acceptors (Lipinski definition) is 2. The Kier molecular flexibility index (Phi) is 4.85. The number of hydrogen-bond donors (Lipinski definition) is 1. The maximum Gasteiger partial charge on any atom is 0.0621 e. The average Bonchev–Trinajstić information content (AvgIpc) is 2.15. The summed E-state index contributed by atoms with van der Waals surface area (Å²) in [4.78, 5) is 0. The molecule has 1 saturated carbocycles. The first-order valence-corrected chi connectivity index (χ1v) is 5.39. The van der Waals surface area contributed by atoms with E-state index in [0.29, 0.717) is 12.3 Å². The van der Waals surface area contributed by atoms with E-state index in [2.05, 4.69) is 6.07 Å². The number of unbranched alkanes of at least 4 members (excludes halogenated alkanes) is 2. The normalized spacial score (nSPS) is 28.3. The number of nitrogens with zero attached hydrogens (tertiary/aromatic N) is 1.